The van der Waals surface area contributed by atoms with Gasteiger partial charge in [-0.3, -0.25) is 10.4 Å². The average Bonchev–Trinajstić information content (AvgIpc) is 3.19. The zero-order valence-corrected chi connectivity index (χ0v) is 17.8. The van der Waals surface area contributed by atoms with E-state index in [-0.39, 0.29) is 11.9 Å². The zero-order valence-electron chi connectivity index (χ0n) is 17.8. The molecule has 3 aromatic rings. The highest BCUT2D eigenvalue weighted by Crippen LogP contribution is 2.30. The summed E-state index contributed by atoms with van der Waals surface area (Å²) in [5.41, 5.74) is 2.14. The number of urea groups is 1. The summed E-state index contributed by atoms with van der Waals surface area (Å²) in [6, 6.07) is 10.9. The van der Waals surface area contributed by atoms with Crippen LogP contribution in [0.1, 0.15) is 29.7 Å². The number of piperidine rings is 1. The van der Waals surface area contributed by atoms with Crippen molar-refractivity contribution in [1.82, 2.24) is 20.1 Å². The summed E-state index contributed by atoms with van der Waals surface area (Å²) in [5, 5.41) is 9.58. The lowest BCUT2D eigenvalue weighted by atomic mass is 10.0. The van der Waals surface area contributed by atoms with E-state index in [2.05, 4.69) is 20.5 Å². The predicted molar refractivity (Wildman–Crippen MR) is 117 cm³/mol. The molecule has 1 aromatic carbocycles. The Bertz CT molecular complexity index is 1150. The second-order valence-corrected chi connectivity index (χ2v) is 7.71. The number of H-pyrrole nitrogens is 1. The number of nitrogens with one attached hydrogen (secondary N) is 2. The Labute approximate surface area is 188 Å². The Balaban J connectivity index is 1.34. The van der Waals surface area contributed by atoms with Crippen LogP contribution in [0.2, 0.25) is 0 Å². The minimum Gasteiger partial charge on any atom is -0.439 e. The number of carbonyl (C=O) groups excluding carboxylic acids is 1. The topological polar surface area (TPSA) is 83.1 Å². The van der Waals surface area contributed by atoms with Crippen molar-refractivity contribution in [3.8, 4) is 11.6 Å². The van der Waals surface area contributed by atoms with Gasteiger partial charge in [0.25, 0.3) is 0 Å². The molecule has 2 amide bonds. The third-order valence-corrected chi connectivity index (χ3v) is 5.15. The van der Waals surface area contributed by atoms with Gasteiger partial charge in [0.1, 0.15) is 5.75 Å². The van der Waals surface area contributed by atoms with E-state index in [9.17, 15) is 18.0 Å². The molecule has 1 aliphatic rings. The maximum absolute atomic E-state index is 12.7. The van der Waals surface area contributed by atoms with Crippen molar-refractivity contribution < 1.29 is 22.7 Å². The fourth-order valence-electron chi connectivity index (χ4n) is 3.44. The Hall–Kier alpha value is -3.82. The third-order valence-electron chi connectivity index (χ3n) is 5.15. The van der Waals surface area contributed by atoms with Crippen LogP contribution >= 0.6 is 0 Å². The molecule has 0 radical (unpaired) electrons. The van der Waals surface area contributed by atoms with E-state index < -0.39 is 11.7 Å². The summed E-state index contributed by atoms with van der Waals surface area (Å²) in [7, 11) is 0. The summed E-state index contributed by atoms with van der Waals surface area (Å²) in [4.78, 5) is 17.9. The number of aryl methyl sites for hydroxylation is 1. The van der Waals surface area contributed by atoms with Gasteiger partial charge in [0, 0.05) is 37.1 Å². The number of aromatic nitrogens is 3. The summed E-state index contributed by atoms with van der Waals surface area (Å²) in [6.45, 7) is 3.04. The molecule has 0 aliphatic carbocycles. The van der Waals surface area contributed by atoms with Gasteiger partial charge in [-0.1, -0.05) is 23.8 Å². The number of benzene rings is 1. The number of nitrogens with zero attached hydrogens (tertiary/aromatic N) is 3. The summed E-state index contributed by atoms with van der Waals surface area (Å²) >= 11 is 0. The molecule has 0 atom stereocenters. The van der Waals surface area contributed by atoms with E-state index >= 15 is 0 Å². The number of likely N-dealkylation sites (tertiary alicyclic amines) is 1. The number of ether oxygens (including phenoxy) is 1. The molecule has 1 aliphatic heterocycles. The SMILES string of the molecule is Cc1cc(NC(=O)N2CCC(=Cc3cccc(Oc4ccc(C(F)(F)F)cn4)c3)CC2)n[nH]1. The molecule has 7 nitrogen and oxygen atoms in total. The van der Waals surface area contributed by atoms with Crippen molar-refractivity contribution in [2.75, 3.05) is 18.4 Å². The number of amides is 2. The standard InChI is InChI=1S/C23H22F3N5O2/c1-15-11-20(30-29-15)28-22(32)31-9-7-16(8-10-31)12-17-3-2-4-19(13-17)33-21-6-5-18(14-27-21)23(24,25)26/h2-6,11-14H,7-10H2,1H3,(H2,28,29,30,32). The van der Waals surface area contributed by atoms with Gasteiger partial charge in [0.05, 0.1) is 5.56 Å². The second kappa shape index (κ2) is 9.35. The minimum absolute atomic E-state index is 0.0826. The van der Waals surface area contributed by atoms with Crippen molar-refractivity contribution >= 4 is 17.9 Å². The zero-order chi connectivity index (χ0) is 23.4. The Morgan fingerprint density at radius 1 is 1.18 bits per heavy atom. The first-order valence-electron chi connectivity index (χ1n) is 10.3. The van der Waals surface area contributed by atoms with E-state index in [0.717, 1.165) is 36.4 Å². The van der Waals surface area contributed by atoms with Gasteiger partial charge in [-0.25, -0.2) is 9.78 Å². The van der Waals surface area contributed by atoms with Crippen LogP contribution in [-0.4, -0.2) is 39.2 Å². The molecule has 33 heavy (non-hydrogen) atoms. The number of carbonyl (C=O) groups is 1. The molecule has 0 unspecified atom stereocenters. The molecule has 1 fully saturated rings. The summed E-state index contributed by atoms with van der Waals surface area (Å²) in [5.74, 6) is 1.06. The predicted octanol–water partition coefficient (Wildman–Crippen LogP) is 5.64. The van der Waals surface area contributed by atoms with Crippen molar-refractivity contribution in [2.45, 2.75) is 25.9 Å². The quantitative estimate of drug-likeness (QED) is 0.532. The summed E-state index contributed by atoms with van der Waals surface area (Å²) in [6.07, 6.45) is -0.180. The number of pyridine rings is 1. The first kappa shape index (κ1) is 22.4. The van der Waals surface area contributed by atoms with Crippen molar-refractivity contribution in [1.29, 1.82) is 0 Å². The van der Waals surface area contributed by atoms with E-state index in [1.54, 1.807) is 29.2 Å². The van der Waals surface area contributed by atoms with Gasteiger partial charge in [-0.05, 0) is 43.5 Å². The highest BCUT2D eigenvalue weighted by atomic mass is 19.4. The van der Waals surface area contributed by atoms with Gasteiger partial charge in [0.15, 0.2) is 5.82 Å². The highest BCUT2D eigenvalue weighted by Gasteiger charge is 2.30. The first-order chi connectivity index (χ1) is 15.8. The number of halogens is 3. The van der Waals surface area contributed by atoms with Crippen molar-refractivity contribution in [2.24, 2.45) is 0 Å². The maximum atomic E-state index is 12.7. The molecule has 1 saturated heterocycles. The molecular weight excluding hydrogens is 435 g/mol. The largest absolute Gasteiger partial charge is 0.439 e. The molecule has 3 heterocycles. The Morgan fingerprint density at radius 2 is 1.97 bits per heavy atom. The molecule has 0 spiro atoms. The maximum Gasteiger partial charge on any atom is 0.417 e. The average molecular weight is 457 g/mol. The van der Waals surface area contributed by atoms with Crippen LogP contribution in [0, 0.1) is 6.92 Å². The minimum atomic E-state index is -4.44. The van der Waals surface area contributed by atoms with E-state index in [4.69, 9.17) is 4.74 Å². The summed E-state index contributed by atoms with van der Waals surface area (Å²) < 4.78 is 43.6. The number of rotatable bonds is 4. The van der Waals surface area contributed by atoms with E-state index in [0.29, 0.717) is 24.7 Å². The Kier molecular flexibility index (Phi) is 6.34. The second-order valence-electron chi connectivity index (χ2n) is 7.71. The number of hydrogen-bond donors (Lipinski definition) is 2. The molecular formula is C23H22F3N5O2. The fraction of sp³-hybridized carbons (Fsp3) is 0.261. The molecule has 0 saturated carbocycles. The molecule has 2 aromatic heterocycles. The van der Waals surface area contributed by atoms with Crippen LogP contribution in [0.3, 0.4) is 0 Å². The third kappa shape index (κ3) is 5.91. The monoisotopic (exact) mass is 457 g/mol. The number of anilines is 1. The normalized spacial score (nSPS) is 14.2. The van der Waals surface area contributed by atoms with Crippen LogP contribution < -0.4 is 10.1 Å². The van der Waals surface area contributed by atoms with Crippen LogP contribution in [0.5, 0.6) is 11.6 Å². The van der Waals surface area contributed by atoms with E-state index in [1.807, 2.05) is 19.1 Å². The van der Waals surface area contributed by atoms with Gasteiger partial charge in [-0.15, -0.1) is 0 Å². The fourth-order valence-corrected chi connectivity index (χ4v) is 3.44. The lowest BCUT2D eigenvalue weighted by Crippen LogP contribution is -2.39. The van der Waals surface area contributed by atoms with Gasteiger partial charge >= 0.3 is 12.2 Å². The Morgan fingerprint density at radius 3 is 2.61 bits per heavy atom. The van der Waals surface area contributed by atoms with E-state index in [1.165, 1.54) is 11.6 Å². The van der Waals surface area contributed by atoms with Crippen LogP contribution in [0.15, 0.2) is 54.2 Å². The van der Waals surface area contributed by atoms with Crippen LogP contribution in [-0.2, 0) is 6.18 Å². The molecule has 4 rings (SSSR count). The van der Waals surface area contributed by atoms with Gasteiger partial charge in [-0.2, -0.15) is 18.3 Å². The lowest BCUT2D eigenvalue weighted by molar-refractivity contribution is -0.137. The smallest absolute Gasteiger partial charge is 0.417 e. The molecule has 2 N–H and O–H groups in total. The first-order valence-corrected chi connectivity index (χ1v) is 10.3. The van der Waals surface area contributed by atoms with Crippen molar-refractivity contribution in [3.63, 3.8) is 0 Å². The molecule has 10 heteroatoms. The van der Waals surface area contributed by atoms with Gasteiger partial charge in [0.2, 0.25) is 5.88 Å². The number of alkyl halides is 3. The number of aromatic amines is 1. The highest BCUT2D eigenvalue weighted by molar-refractivity contribution is 5.88. The van der Waals surface area contributed by atoms with Gasteiger partial charge < -0.3 is 9.64 Å². The van der Waals surface area contributed by atoms with Crippen molar-refractivity contribution in [3.05, 3.63) is 71.1 Å². The van der Waals surface area contributed by atoms with Crippen LogP contribution in [0.4, 0.5) is 23.8 Å². The molecule has 0 bridgehead atoms. The number of hydrogen-bond acceptors (Lipinski definition) is 4. The van der Waals surface area contributed by atoms with Crippen LogP contribution in [0.25, 0.3) is 6.08 Å². The lowest BCUT2D eigenvalue weighted by Gasteiger charge is -2.28. The molecule has 172 valence electrons.